The first-order valence-corrected chi connectivity index (χ1v) is 5.28. The summed E-state index contributed by atoms with van der Waals surface area (Å²) in [6, 6.07) is 5.89. The van der Waals surface area contributed by atoms with Gasteiger partial charge in [0.1, 0.15) is 11.6 Å². The van der Waals surface area contributed by atoms with Crippen molar-refractivity contribution in [2.45, 2.75) is 6.92 Å². The summed E-state index contributed by atoms with van der Waals surface area (Å²) >= 11 is 0. The summed E-state index contributed by atoms with van der Waals surface area (Å²) in [5.41, 5.74) is 1.15. The molecule has 0 aliphatic carbocycles. The molecule has 1 aromatic heterocycles. The maximum Gasteiger partial charge on any atom is 0.257 e. The number of nitrogens with one attached hydrogen (secondary N) is 1. The molecular formula is C13H11FN2O2. The molecule has 1 aromatic carbocycles. The zero-order valence-corrected chi connectivity index (χ0v) is 9.64. The first-order chi connectivity index (χ1) is 8.58. The minimum absolute atomic E-state index is 0.0881. The largest absolute Gasteiger partial charge is 0.508 e. The van der Waals surface area contributed by atoms with Gasteiger partial charge in [-0.2, -0.15) is 0 Å². The highest BCUT2D eigenvalue weighted by Gasteiger charge is 2.10. The van der Waals surface area contributed by atoms with Crippen LogP contribution >= 0.6 is 0 Å². The van der Waals surface area contributed by atoms with Crippen molar-refractivity contribution >= 4 is 11.6 Å². The topological polar surface area (TPSA) is 62.2 Å². The molecule has 0 saturated heterocycles. The molecule has 0 bridgehead atoms. The molecule has 0 atom stereocenters. The number of hydrogen-bond acceptors (Lipinski definition) is 3. The molecular weight excluding hydrogens is 235 g/mol. The molecule has 18 heavy (non-hydrogen) atoms. The fourth-order valence-corrected chi connectivity index (χ4v) is 1.49. The summed E-state index contributed by atoms with van der Waals surface area (Å²) < 4.78 is 12.9. The number of halogens is 1. The van der Waals surface area contributed by atoms with Crippen molar-refractivity contribution in [2.24, 2.45) is 0 Å². The Morgan fingerprint density at radius 3 is 2.89 bits per heavy atom. The summed E-state index contributed by atoms with van der Waals surface area (Å²) in [7, 11) is 0. The lowest BCUT2D eigenvalue weighted by atomic mass is 10.1. The number of aromatic nitrogens is 1. The van der Waals surface area contributed by atoms with Gasteiger partial charge >= 0.3 is 0 Å². The lowest BCUT2D eigenvalue weighted by Gasteiger charge is -2.09. The second-order valence-electron chi connectivity index (χ2n) is 3.80. The number of carbonyl (C=O) groups is 1. The van der Waals surface area contributed by atoms with E-state index in [0.717, 1.165) is 12.3 Å². The highest BCUT2D eigenvalue weighted by Crippen LogP contribution is 2.24. The Kier molecular flexibility index (Phi) is 3.23. The second-order valence-corrected chi connectivity index (χ2v) is 3.80. The van der Waals surface area contributed by atoms with Crippen LogP contribution in [0.3, 0.4) is 0 Å². The number of nitrogens with zero attached hydrogens (tertiary/aromatic N) is 1. The van der Waals surface area contributed by atoms with Crippen molar-refractivity contribution in [1.29, 1.82) is 0 Å². The van der Waals surface area contributed by atoms with Gasteiger partial charge in [0.2, 0.25) is 0 Å². The van der Waals surface area contributed by atoms with E-state index in [0.29, 0.717) is 11.3 Å². The lowest BCUT2D eigenvalue weighted by Crippen LogP contribution is -2.13. The van der Waals surface area contributed by atoms with Gasteiger partial charge < -0.3 is 10.4 Å². The van der Waals surface area contributed by atoms with Gasteiger partial charge in [-0.1, -0.05) is 6.07 Å². The van der Waals surface area contributed by atoms with Gasteiger partial charge in [0.05, 0.1) is 11.8 Å². The van der Waals surface area contributed by atoms with Crippen LogP contribution in [0.4, 0.5) is 10.1 Å². The Morgan fingerprint density at radius 2 is 2.17 bits per heavy atom. The third-order valence-corrected chi connectivity index (χ3v) is 2.52. The lowest BCUT2D eigenvalue weighted by molar-refractivity contribution is 0.102. The van der Waals surface area contributed by atoms with E-state index in [1.54, 1.807) is 19.1 Å². The number of rotatable bonds is 2. The van der Waals surface area contributed by atoms with Gasteiger partial charge in [-0.3, -0.25) is 9.78 Å². The van der Waals surface area contributed by atoms with Crippen LogP contribution in [0.25, 0.3) is 0 Å². The average Bonchev–Trinajstić information content (AvgIpc) is 2.35. The Hall–Kier alpha value is -2.43. The van der Waals surface area contributed by atoms with Crippen molar-refractivity contribution in [1.82, 2.24) is 4.98 Å². The number of phenolic OH excluding ortho intramolecular Hbond substituents is 1. The SMILES string of the molecule is Cc1c(O)cccc1NC(=O)c1cncc(F)c1. The van der Waals surface area contributed by atoms with Crippen molar-refractivity contribution in [3.63, 3.8) is 0 Å². The predicted molar refractivity (Wildman–Crippen MR) is 65.0 cm³/mol. The highest BCUT2D eigenvalue weighted by atomic mass is 19.1. The predicted octanol–water partition coefficient (Wildman–Crippen LogP) is 2.49. The van der Waals surface area contributed by atoms with E-state index in [2.05, 4.69) is 10.3 Å². The molecule has 4 nitrogen and oxygen atoms in total. The van der Waals surface area contributed by atoms with E-state index in [1.165, 1.54) is 12.3 Å². The number of benzene rings is 1. The zero-order valence-electron chi connectivity index (χ0n) is 9.64. The van der Waals surface area contributed by atoms with E-state index < -0.39 is 11.7 Å². The number of hydrogen-bond donors (Lipinski definition) is 2. The third-order valence-electron chi connectivity index (χ3n) is 2.52. The van der Waals surface area contributed by atoms with E-state index in [4.69, 9.17) is 0 Å². The number of anilines is 1. The van der Waals surface area contributed by atoms with Crippen molar-refractivity contribution in [2.75, 3.05) is 5.32 Å². The molecule has 2 N–H and O–H groups in total. The molecule has 0 saturated carbocycles. The molecule has 1 heterocycles. The van der Waals surface area contributed by atoms with Crippen LogP contribution in [0.2, 0.25) is 0 Å². The molecule has 1 amide bonds. The fraction of sp³-hybridized carbons (Fsp3) is 0.0769. The minimum Gasteiger partial charge on any atom is -0.508 e. The first kappa shape index (κ1) is 12.0. The van der Waals surface area contributed by atoms with Crippen LogP contribution in [0.1, 0.15) is 15.9 Å². The Morgan fingerprint density at radius 1 is 1.39 bits per heavy atom. The van der Waals surface area contributed by atoms with Gasteiger partial charge in [-0.25, -0.2) is 4.39 Å². The van der Waals surface area contributed by atoms with Crippen molar-refractivity contribution in [3.8, 4) is 5.75 Å². The van der Waals surface area contributed by atoms with Crippen LogP contribution < -0.4 is 5.32 Å². The number of amides is 1. The molecule has 2 rings (SSSR count). The van der Waals surface area contributed by atoms with Crippen LogP contribution in [-0.2, 0) is 0 Å². The molecule has 2 aromatic rings. The molecule has 5 heteroatoms. The van der Waals surface area contributed by atoms with Crippen LogP contribution in [0.5, 0.6) is 5.75 Å². The van der Waals surface area contributed by atoms with Crippen molar-refractivity contribution in [3.05, 3.63) is 53.6 Å². The molecule has 0 radical (unpaired) electrons. The smallest absolute Gasteiger partial charge is 0.257 e. The molecule has 0 fully saturated rings. The average molecular weight is 246 g/mol. The molecule has 0 aliphatic rings. The number of carbonyl (C=O) groups excluding carboxylic acids is 1. The van der Waals surface area contributed by atoms with E-state index >= 15 is 0 Å². The number of aromatic hydroxyl groups is 1. The summed E-state index contributed by atoms with van der Waals surface area (Å²) in [6.45, 7) is 1.68. The maximum atomic E-state index is 12.9. The number of phenols is 1. The molecule has 0 unspecified atom stereocenters. The maximum absolute atomic E-state index is 12.9. The minimum atomic E-state index is -0.574. The van der Waals surface area contributed by atoms with Gasteiger partial charge in [0.15, 0.2) is 0 Å². The Labute approximate surface area is 103 Å². The highest BCUT2D eigenvalue weighted by molar-refractivity contribution is 6.04. The Bertz CT molecular complexity index is 599. The van der Waals surface area contributed by atoms with E-state index in [-0.39, 0.29) is 11.3 Å². The van der Waals surface area contributed by atoms with Gasteiger partial charge in [-0.15, -0.1) is 0 Å². The first-order valence-electron chi connectivity index (χ1n) is 5.28. The Balaban J connectivity index is 2.24. The normalized spacial score (nSPS) is 10.1. The summed E-state index contributed by atoms with van der Waals surface area (Å²) in [4.78, 5) is 15.4. The summed E-state index contributed by atoms with van der Waals surface area (Å²) in [5, 5.41) is 12.1. The monoisotopic (exact) mass is 246 g/mol. The summed E-state index contributed by atoms with van der Waals surface area (Å²) in [6.07, 6.45) is 2.30. The van der Waals surface area contributed by atoms with Crippen molar-refractivity contribution < 1.29 is 14.3 Å². The molecule has 0 spiro atoms. The van der Waals surface area contributed by atoms with Gasteiger partial charge in [-0.05, 0) is 25.1 Å². The summed E-state index contributed by atoms with van der Waals surface area (Å²) in [5.74, 6) is -0.962. The quantitative estimate of drug-likeness (QED) is 0.855. The zero-order chi connectivity index (χ0) is 13.1. The van der Waals surface area contributed by atoms with Gasteiger partial charge in [0.25, 0.3) is 5.91 Å². The fourth-order valence-electron chi connectivity index (χ4n) is 1.49. The second kappa shape index (κ2) is 4.83. The van der Waals surface area contributed by atoms with Crippen LogP contribution in [0, 0.1) is 12.7 Å². The third kappa shape index (κ3) is 2.45. The molecule has 0 aliphatic heterocycles. The van der Waals surface area contributed by atoms with E-state index in [1.807, 2.05) is 0 Å². The van der Waals surface area contributed by atoms with Gasteiger partial charge in [0, 0.05) is 17.4 Å². The van der Waals surface area contributed by atoms with Crippen LogP contribution in [-0.4, -0.2) is 16.0 Å². The molecule has 92 valence electrons. The number of pyridine rings is 1. The standard InChI is InChI=1S/C13H11FN2O2/c1-8-11(3-2-4-12(8)17)16-13(18)9-5-10(14)7-15-6-9/h2-7,17H,1H3,(H,16,18). The van der Waals surface area contributed by atoms with E-state index in [9.17, 15) is 14.3 Å². The van der Waals surface area contributed by atoms with Crippen LogP contribution in [0.15, 0.2) is 36.7 Å².